The molecule has 0 aromatic heterocycles. The number of Topliss-reactive ketones (excluding diaryl/α,β-unsaturated/α-hetero) is 1. The van der Waals surface area contributed by atoms with E-state index in [2.05, 4.69) is 0 Å². The first-order chi connectivity index (χ1) is 12.6. The number of hydrogen-bond donors (Lipinski definition) is 0. The van der Waals surface area contributed by atoms with E-state index in [1.54, 1.807) is 19.2 Å². The van der Waals surface area contributed by atoms with Gasteiger partial charge in [-0.1, -0.05) is 0 Å². The smallest absolute Gasteiger partial charge is 0.317 e. The second-order valence-electron chi connectivity index (χ2n) is 6.09. The van der Waals surface area contributed by atoms with Gasteiger partial charge in [-0.3, -0.25) is 9.59 Å². The lowest BCUT2D eigenvalue weighted by molar-refractivity contribution is -0.149. The zero-order valence-corrected chi connectivity index (χ0v) is 15.3. The zero-order chi connectivity index (χ0) is 18.8. The monoisotopic (exact) mass is 362 g/mol. The van der Waals surface area contributed by atoms with Crippen LogP contribution in [-0.2, 0) is 19.1 Å². The fraction of sp³-hybridized carbons (Fsp3) is 0.474. The van der Waals surface area contributed by atoms with Crippen LogP contribution in [0.5, 0.6) is 17.2 Å². The highest BCUT2D eigenvalue weighted by Gasteiger charge is 2.51. The van der Waals surface area contributed by atoms with Crippen LogP contribution in [0.1, 0.15) is 24.3 Å². The quantitative estimate of drug-likeness (QED) is 0.587. The number of hydrogen-bond acceptors (Lipinski definition) is 7. The summed E-state index contributed by atoms with van der Waals surface area (Å²) in [7, 11) is 5.86. The maximum atomic E-state index is 12.9. The predicted octanol–water partition coefficient (Wildman–Crippen LogP) is 2.23. The van der Waals surface area contributed by atoms with Crippen LogP contribution < -0.4 is 14.2 Å². The van der Waals surface area contributed by atoms with E-state index in [0.717, 1.165) is 12.0 Å². The minimum Gasteiger partial charge on any atom is -0.496 e. The Morgan fingerprint density at radius 2 is 1.73 bits per heavy atom. The van der Waals surface area contributed by atoms with Crippen LogP contribution in [0.25, 0.3) is 0 Å². The summed E-state index contributed by atoms with van der Waals surface area (Å²) < 4.78 is 26.9. The van der Waals surface area contributed by atoms with Crippen molar-refractivity contribution < 1.29 is 33.3 Å². The minimum atomic E-state index is -1.01. The predicted molar refractivity (Wildman–Crippen MR) is 91.6 cm³/mol. The SMILES string of the molecule is COC(=O)[C@@H]1C(=O)C2=C(CCCO2)[C@@H]1c1c(OC)cc(OC)cc1OC. The molecule has 0 saturated carbocycles. The Bertz CT molecular complexity index is 740. The molecule has 140 valence electrons. The standard InChI is InChI=1S/C19H22O7/c1-22-10-8-12(23-2)15(13(9-10)24-3)14-11-6-5-7-26-18(11)17(20)16(14)19(21)25-4/h8-9,14,16H,5-7H2,1-4H3/t14-,16+/m1/s1. The van der Waals surface area contributed by atoms with E-state index in [1.165, 1.54) is 21.3 Å². The number of allylic oxidation sites excluding steroid dienone is 2. The van der Waals surface area contributed by atoms with Crippen molar-refractivity contribution in [3.05, 3.63) is 29.0 Å². The van der Waals surface area contributed by atoms with Crippen molar-refractivity contribution in [2.75, 3.05) is 35.0 Å². The van der Waals surface area contributed by atoms with Gasteiger partial charge in [-0.05, 0) is 18.4 Å². The van der Waals surface area contributed by atoms with E-state index in [4.69, 9.17) is 23.7 Å². The molecule has 1 aliphatic heterocycles. The second kappa shape index (κ2) is 7.27. The number of carbonyl (C=O) groups is 2. The third-order valence-corrected chi connectivity index (χ3v) is 4.86. The topological polar surface area (TPSA) is 80.3 Å². The highest BCUT2D eigenvalue weighted by molar-refractivity contribution is 6.11. The van der Waals surface area contributed by atoms with Gasteiger partial charge in [0.05, 0.1) is 35.0 Å². The zero-order valence-electron chi connectivity index (χ0n) is 15.3. The molecule has 3 rings (SSSR count). The Kier molecular flexibility index (Phi) is 5.06. The third-order valence-electron chi connectivity index (χ3n) is 4.86. The molecule has 1 heterocycles. The number of esters is 1. The van der Waals surface area contributed by atoms with Crippen LogP contribution in [0.4, 0.5) is 0 Å². The highest BCUT2D eigenvalue weighted by Crippen LogP contribution is 2.52. The van der Waals surface area contributed by atoms with Crippen LogP contribution >= 0.6 is 0 Å². The number of rotatable bonds is 5. The van der Waals surface area contributed by atoms with Gasteiger partial charge in [0, 0.05) is 23.6 Å². The lowest BCUT2D eigenvalue weighted by atomic mass is 9.81. The summed E-state index contributed by atoms with van der Waals surface area (Å²) in [5.41, 5.74) is 1.41. The molecule has 1 aliphatic carbocycles. The van der Waals surface area contributed by atoms with Crippen LogP contribution in [0.3, 0.4) is 0 Å². The molecule has 0 bridgehead atoms. The average molecular weight is 362 g/mol. The van der Waals surface area contributed by atoms with Crippen molar-refractivity contribution in [1.82, 2.24) is 0 Å². The van der Waals surface area contributed by atoms with Gasteiger partial charge in [0.1, 0.15) is 23.2 Å². The second-order valence-corrected chi connectivity index (χ2v) is 6.09. The van der Waals surface area contributed by atoms with E-state index >= 15 is 0 Å². The molecule has 0 saturated heterocycles. The Morgan fingerprint density at radius 3 is 2.27 bits per heavy atom. The van der Waals surface area contributed by atoms with Gasteiger partial charge in [0.2, 0.25) is 5.78 Å². The van der Waals surface area contributed by atoms with Crippen molar-refractivity contribution in [2.24, 2.45) is 5.92 Å². The maximum absolute atomic E-state index is 12.9. The first-order valence-corrected chi connectivity index (χ1v) is 8.35. The van der Waals surface area contributed by atoms with Crippen molar-refractivity contribution >= 4 is 11.8 Å². The third kappa shape index (κ3) is 2.77. The molecular formula is C19H22O7. The van der Waals surface area contributed by atoms with E-state index < -0.39 is 17.8 Å². The molecule has 2 aliphatic rings. The minimum absolute atomic E-state index is 0.275. The summed E-state index contributed by atoms with van der Waals surface area (Å²) in [6, 6.07) is 3.41. The summed E-state index contributed by atoms with van der Waals surface area (Å²) in [5, 5.41) is 0. The van der Waals surface area contributed by atoms with Crippen LogP contribution in [0, 0.1) is 5.92 Å². The number of ketones is 1. The number of ether oxygens (including phenoxy) is 5. The number of carbonyl (C=O) groups excluding carboxylic acids is 2. The van der Waals surface area contributed by atoms with Crippen LogP contribution in [-0.4, -0.2) is 46.8 Å². The molecule has 0 spiro atoms. The van der Waals surface area contributed by atoms with Crippen LogP contribution in [0.2, 0.25) is 0 Å². The van der Waals surface area contributed by atoms with Crippen molar-refractivity contribution in [1.29, 1.82) is 0 Å². The summed E-state index contributed by atoms with van der Waals surface area (Å²) in [5.74, 6) is -0.735. The summed E-state index contributed by atoms with van der Waals surface area (Å²) in [6.45, 7) is 0.460. The Labute approximate surface area is 151 Å². The molecule has 2 atom stereocenters. The molecule has 1 aromatic rings. The Hall–Kier alpha value is -2.70. The summed E-state index contributed by atoms with van der Waals surface area (Å²) in [6.07, 6.45) is 1.44. The van der Waals surface area contributed by atoms with Crippen molar-refractivity contribution in [2.45, 2.75) is 18.8 Å². The van der Waals surface area contributed by atoms with E-state index in [9.17, 15) is 9.59 Å². The molecule has 7 nitrogen and oxygen atoms in total. The number of benzene rings is 1. The molecule has 7 heteroatoms. The van der Waals surface area contributed by atoms with Gasteiger partial charge in [-0.25, -0.2) is 0 Å². The molecule has 0 fully saturated rings. The molecule has 0 N–H and O–H groups in total. The van der Waals surface area contributed by atoms with Crippen molar-refractivity contribution in [3.63, 3.8) is 0 Å². The maximum Gasteiger partial charge on any atom is 0.317 e. The highest BCUT2D eigenvalue weighted by atomic mass is 16.5. The summed E-state index contributed by atoms with van der Waals surface area (Å²) in [4.78, 5) is 25.3. The largest absolute Gasteiger partial charge is 0.496 e. The molecule has 0 radical (unpaired) electrons. The van der Waals surface area contributed by atoms with Crippen LogP contribution in [0.15, 0.2) is 23.5 Å². The average Bonchev–Trinajstić information content (AvgIpc) is 2.98. The molecule has 0 unspecified atom stereocenters. The first-order valence-electron chi connectivity index (χ1n) is 8.35. The molecule has 1 aromatic carbocycles. The Morgan fingerprint density at radius 1 is 1.08 bits per heavy atom. The lowest BCUT2D eigenvalue weighted by Gasteiger charge is -2.25. The van der Waals surface area contributed by atoms with E-state index in [-0.39, 0.29) is 11.5 Å². The first kappa shape index (κ1) is 18.1. The molecular weight excluding hydrogens is 340 g/mol. The van der Waals surface area contributed by atoms with Gasteiger partial charge in [-0.15, -0.1) is 0 Å². The molecule has 0 amide bonds. The van der Waals surface area contributed by atoms with Gasteiger partial charge >= 0.3 is 5.97 Å². The number of methoxy groups -OCH3 is 4. The van der Waals surface area contributed by atoms with E-state index in [0.29, 0.717) is 35.8 Å². The fourth-order valence-corrected chi connectivity index (χ4v) is 3.71. The van der Waals surface area contributed by atoms with E-state index in [1.807, 2.05) is 0 Å². The van der Waals surface area contributed by atoms with Gasteiger partial charge in [0.15, 0.2) is 5.76 Å². The summed E-state index contributed by atoms with van der Waals surface area (Å²) >= 11 is 0. The van der Waals surface area contributed by atoms with Gasteiger partial charge in [0.25, 0.3) is 0 Å². The molecule has 26 heavy (non-hydrogen) atoms. The van der Waals surface area contributed by atoms with Gasteiger partial charge in [-0.2, -0.15) is 0 Å². The van der Waals surface area contributed by atoms with Gasteiger partial charge < -0.3 is 23.7 Å². The Balaban J connectivity index is 2.23. The van der Waals surface area contributed by atoms with Crippen molar-refractivity contribution in [3.8, 4) is 17.2 Å². The lowest BCUT2D eigenvalue weighted by Crippen LogP contribution is -2.28. The normalized spacial score (nSPS) is 21.8. The fourth-order valence-electron chi connectivity index (χ4n) is 3.71.